The van der Waals surface area contributed by atoms with Gasteiger partial charge in [0.25, 0.3) is 0 Å². The molecular weight excluding hydrogens is 192 g/mol. The van der Waals surface area contributed by atoms with E-state index in [-0.39, 0.29) is 0 Å². The Hall–Kier alpha value is -1.09. The maximum atomic E-state index is 7.78. The third-order valence-corrected chi connectivity index (χ3v) is 2.80. The highest BCUT2D eigenvalue weighted by Gasteiger charge is 2.04. The molecule has 1 aromatic carbocycles. The zero-order valence-corrected chi connectivity index (χ0v) is 9.24. The maximum Gasteiger partial charge on any atom is 0.100 e. The lowest BCUT2D eigenvalue weighted by molar-refractivity contribution is 1.28. The fourth-order valence-electron chi connectivity index (χ4n) is 1.04. The van der Waals surface area contributed by atoms with Gasteiger partial charge in [-0.25, -0.2) is 0 Å². The number of aryl methyl sites for hydroxylation is 1. The molecule has 0 bridgehead atoms. The molecule has 2 N–H and O–H groups in total. The van der Waals surface area contributed by atoms with Crippen LogP contribution in [0, 0.1) is 17.7 Å². The zero-order chi connectivity index (χ0) is 10.6. The molecule has 0 aromatic heterocycles. The van der Waals surface area contributed by atoms with Crippen LogP contribution in [0.1, 0.15) is 24.5 Å². The van der Waals surface area contributed by atoms with Gasteiger partial charge in [-0.2, -0.15) is 0 Å². The van der Waals surface area contributed by atoms with Gasteiger partial charge in [-0.1, -0.05) is 42.4 Å². The number of nitrogens with one attached hydrogen (secondary N) is 2. The molecule has 0 aliphatic rings. The summed E-state index contributed by atoms with van der Waals surface area (Å²) in [6.07, 6.45) is 0.693. The van der Waals surface area contributed by atoms with E-state index in [4.69, 9.17) is 10.8 Å². The molecule has 0 spiro atoms. The van der Waals surface area contributed by atoms with Gasteiger partial charge in [0.05, 0.1) is 5.04 Å². The Morgan fingerprint density at radius 3 is 2.64 bits per heavy atom. The Morgan fingerprint density at radius 1 is 1.36 bits per heavy atom. The second-order valence-corrected chi connectivity index (χ2v) is 4.18. The molecule has 3 heteroatoms. The van der Waals surface area contributed by atoms with Crippen LogP contribution in [0.15, 0.2) is 24.3 Å². The van der Waals surface area contributed by atoms with Crippen molar-refractivity contribution in [3.05, 3.63) is 35.4 Å². The van der Waals surface area contributed by atoms with E-state index in [9.17, 15) is 0 Å². The first-order valence-corrected chi connectivity index (χ1v) is 5.36. The maximum absolute atomic E-state index is 7.78. The van der Waals surface area contributed by atoms with Crippen LogP contribution in [-0.2, 0) is 0 Å². The summed E-state index contributed by atoms with van der Waals surface area (Å²) < 4.78 is 0. The molecule has 0 saturated heterocycles. The van der Waals surface area contributed by atoms with E-state index in [2.05, 4.69) is 0 Å². The Labute approximate surface area is 88.7 Å². The van der Waals surface area contributed by atoms with E-state index in [0.29, 0.717) is 16.5 Å². The minimum atomic E-state index is 0.459. The van der Waals surface area contributed by atoms with Crippen LogP contribution in [0.2, 0.25) is 0 Å². The standard InChI is InChI=1S/C11H14N2S/c1-3-10(12)14-11(13)9-6-4-5-8(2)7-9/h4-7,12-13H,3H2,1-2H3. The van der Waals surface area contributed by atoms with Crippen molar-refractivity contribution in [2.24, 2.45) is 0 Å². The predicted octanol–water partition coefficient (Wildman–Crippen LogP) is 3.44. The second-order valence-electron chi connectivity index (χ2n) is 3.08. The van der Waals surface area contributed by atoms with Gasteiger partial charge in [0.15, 0.2) is 0 Å². The molecule has 1 aromatic rings. The highest BCUT2D eigenvalue weighted by atomic mass is 32.2. The molecule has 1 rings (SSSR count). The van der Waals surface area contributed by atoms with E-state index >= 15 is 0 Å². The van der Waals surface area contributed by atoms with Crippen molar-refractivity contribution in [3.63, 3.8) is 0 Å². The van der Waals surface area contributed by atoms with Crippen LogP contribution in [0.5, 0.6) is 0 Å². The number of thioether (sulfide) groups is 1. The SMILES string of the molecule is CCC(=N)SC(=N)c1cccc(C)c1. The van der Waals surface area contributed by atoms with Gasteiger partial charge in [0.1, 0.15) is 5.04 Å². The molecule has 0 amide bonds. The summed E-state index contributed by atoms with van der Waals surface area (Å²) in [6, 6.07) is 7.82. The average Bonchev–Trinajstić information content (AvgIpc) is 2.17. The molecule has 0 aliphatic carbocycles. The monoisotopic (exact) mass is 206 g/mol. The number of benzene rings is 1. The fourth-order valence-corrected chi connectivity index (χ4v) is 1.68. The van der Waals surface area contributed by atoms with Gasteiger partial charge in [-0.05, 0) is 19.4 Å². The molecule has 0 fully saturated rings. The minimum Gasteiger partial charge on any atom is -0.298 e. The van der Waals surface area contributed by atoms with Gasteiger partial charge in [0.2, 0.25) is 0 Å². The van der Waals surface area contributed by atoms with E-state index in [1.54, 1.807) is 0 Å². The van der Waals surface area contributed by atoms with Gasteiger partial charge in [-0.3, -0.25) is 10.8 Å². The van der Waals surface area contributed by atoms with Crippen LogP contribution in [-0.4, -0.2) is 10.1 Å². The Bertz CT molecular complexity index is 358. The van der Waals surface area contributed by atoms with E-state index in [1.807, 2.05) is 38.1 Å². The smallest absolute Gasteiger partial charge is 0.100 e. The van der Waals surface area contributed by atoms with Crippen LogP contribution in [0.3, 0.4) is 0 Å². The number of rotatable bonds is 2. The molecule has 0 radical (unpaired) electrons. The first-order valence-electron chi connectivity index (χ1n) is 4.54. The molecule has 2 nitrogen and oxygen atoms in total. The van der Waals surface area contributed by atoms with Gasteiger partial charge in [-0.15, -0.1) is 0 Å². The van der Waals surface area contributed by atoms with Crippen molar-refractivity contribution in [2.75, 3.05) is 0 Å². The summed E-state index contributed by atoms with van der Waals surface area (Å²) >= 11 is 1.23. The molecule has 0 saturated carbocycles. The summed E-state index contributed by atoms with van der Waals surface area (Å²) in [5.41, 5.74) is 2.05. The van der Waals surface area contributed by atoms with Crippen molar-refractivity contribution in [2.45, 2.75) is 20.3 Å². The summed E-state index contributed by atoms with van der Waals surface area (Å²) in [5, 5.41) is 16.3. The van der Waals surface area contributed by atoms with Crippen LogP contribution in [0.25, 0.3) is 0 Å². The van der Waals surface area contributed by atoms with Crippen molar-refractivity contribution < 1.29 is 0 Å². The highest BCUT2D eigenvalue weighted by Crippen LogP contribution is 2.15. The highest BCUT2D eigenvalue weighted by molar-refractivity contribution is 8.26. The lowest BCUT2D eigenvalue weighted by Gasteiger charge is -2.04. The van der Waals surface area contributed by atoms with E-state index in [1.165, 1.54) is 11.8 Å². The van der Waals surface area contributed by atoms with Crippen LogP contribution >= 0.6 is 11.8 Å². The van der Waals surface area contributed by atoms with E-state index in [0.717, 1.165) is 11.1 Å². The topological polar surface area (TPSA) is 47.7 Å². The Morgan fingerprint density at radius 2 is 2.07 bits per heavy atom. The molecule has 14 heavy (non-hydrogen) atoms. The number of hydrogen-bond acceptors (Lipinski definition) is 3. The third-order valence-electron chi connectivity index (χ3n) is 1.83. The molecule has 74 valence electrons. The molecular formula is C11H14N2S. The quantitative estimate of drug-likeness (QED) is 0.565. The predicted molar refractivity (Wildman–Crippen MR) is 63.6 cm³/mol. The summed E-state index contributed by atoms with van der Waals surface area (Å²) in [5.74, 6) is 0. The Kier molecular flexibility index (Phi) is 3.89. The first-order chi connectivity index (χ1) is 6.63. The largest absolute Gasteiger partial charge is 0.298 e. The lowest BCUT2D eigenvalue weighted by Crippen LogP contribution is -1.98. The summed E-state index contributed by atoms with van der Waals surface area (Å²) in [6.45, 7) is 3.94. The van der Waals surface area contributed by atoms with Crippen LogP contribution in [0.4, 0.5) is 0 Å². The van der Waals surface area contributed by atoms with Crippen LogP contribution < -0.4 is 0 Å². The second kappa shape index (κ2) is 4.96. The minimum absolute atomic E-state index is 0.459. The van der Waals surface area contributed by atoms with Crippen molar-refractivity contribution in [1.82, 2.24) is 0 Å². The molecule has 0 aliphatic heterocycles. The van der Waals surface area contributed by atoms with Gasteiger partial charge in [0, 0.05) is 5.56 Å². The lowest BCUT2D eigenvalue weighted by atomic mass is 10.1. The normalized spacial score (nSPS) is 9.86. The fraction of sp³-hybridized carbons (Fsp3) is 0.273. The molecule has 0 unspecified atom stereocenters. The number of hydrogen-bond donors (Lipinski definition) is 2. The van der Waals surface area contributed by atoms with Crippen molar-refractivity contribution in [3.8, 4) is 0 Å². The molecule has 0 heterocycles. The molecule has 0 atom stereocenters. The van der Waals surface area contributed by atoms with Gasteiger partial charge >= 0.3 is 0 Å². The first kappa shape index (κ1) is 11.0. The van der Waals surface area contributed by atoms with E-state index < -0.39 is 0 Å². The van der Waals surface area contributed by atoms with Crippen molar-refractivity contribution in [1.29, 1.82) is 10.8 Å². The van der Waals surface area contributed by atoms with Crippen molar-refractivity contribution >= 4 is 21.8 Å². The zero-order valence-electron chi connectivity index (χ0n) is 8.42. The van der Waals surface area contributed by atoms with Gasteiger partial charge < -0.3 is 0 Å². The summed E-state index contributed by atoms with van der Waals surface area (Å²) in [7, 11) is 0. The summed E-state index contributed by atoms with van der Waals surface area (Å²) in [4.78, 5) is 0. The third kappa shape index (κ3) is 3.00. The Balaban J connectivity index is 2.75. The average molecular weight is 206 g/mol.